The Kier molecular flexibility index (Phi) is 4.92. The van der Waals surface area contributed by atoms with Crippen LogP contribution in [0.25, 0.3) is 0 Å². The van der Waals surface area contributed by atoms with Gasteiger partial charge < -0.3 is 5.32 Å². The van der Waals surface area contributed by atoms with Crippen LogP contribution in [0.3, 0.4) is 0 Å². The van der Waals surface area contributed by atoms with Gasteiger partial charge in [-0.3, -0.25) is 9.67 Å². The molecule has 0 unspecified atom stereocenters. The van der Waals surface area contributed by atoms with Crippen LogP contribution in [0.1, 0.15) is 16.8 Å². The molecule has 3 aromatic rings. The first kappa shape index (κ1) is 15.6. The van der Waals surface area contributed by atoms with E-state index in [1.54, 1.807) is 24.2 Å². The molecule has 0 saturated heterocycles. The van der Waals surface area contributed by atoms with Gasteiger partial charge in [0, 0.05) is 30.6 Å². The van der Waals surface area contributed by atoms with Crippen molar-refractivity contribution in [1.82, 2.24) is 19.7 Å². The maximum Gasteiger partial charge on any atom is 0.146 e. The third-order valence-electron chi connectivity index (χ3n) is 3.64. The van der Waals surface area contributed by atoms with Crippen LogP contribution < -0.4 is 5.32 Å². The first-order chi connectivity index (χ1) is 11.2. The molecule has 0 bridgehead atoms. The molecule has 0 aliphatic heterocycles. The quantitative estimate of drug-likeness (QED) is 0.704. The third-order valence-corrected chi connectivity index (χ3v) is 4.61. The van der Waals surface area contributed by atoms with E-state index in [0.717, 1.165) is 27.9 Å². The van der Waals surface area contributed by atoms with E-state index in [-0.39, 0.29) is 0 Å². The van der Waals surface area contributed by atoms with Crippen molar-refractivity contribution in [1.29, 1.82) is 0 Å². The zero-order chi connectivity index (χ0) is 16.1. The van der Waals surface area contributed by atoms with Gasteiger partial charge in [0.05, 0.1) is 18.6 Å². The van der Waals surface area contributed by atoms with E-state index in [9.17, 15) is 0 Å². The normalized spacial score (nSPS) is 10.7. The van der Waals surface area contributed by atoms with Crippen LogP contribution in [-0.4, -0.2) is 19.7 Å². The van der Waals surface area contributed by atoms with Gasteiger partial charge in [-0.05, 0) is 12.5 Å². The summed E-state index contributed by atoms with van der Waals surface area (Å²) < 4.78 is 1.87. The summed E-state index contributed by atoms with van der Waals surface area (Å²) in [6.45, 7) is 2.75. The number of nitrogens with zero attached hydrogens (tertiary/aromatic N) is 4. The minimum Gasteiger partial charge on any atom is -0.365 e. The van der Waals surface area contributed by atoms with Crippen molar-refractivity contribution in [2.75, 3.05) is 5.32 Å². The summed E-state index contributed by atoms with van der Waals surface area (Å²) in [6.07, 6.45) is 5.43. The summed E-state index contributed by atoms with van der Waals surface area (Å²) in [5.41, 5.74) is 3.60. The molecule has 2 aromatic heterocycles. The fraction of sp³-hybridized carbons (Fsp3) is 0.235. The molecule has 118 valence electrons. The lowest BCUT2D eigenvalue weighted by Gasteiger charge is -2.07. The van der Waals surface area contributed by atoms with Crippen molar-refractivity contribution < 1.29 is 0 Å². The Bertz CT molecular complexity index is 770. The molecule has 0 atom stereocenters. The highest BCUT2D eigenvalue weighted by Crippen LogP contribution is 2.21. The lowest BCUT2D eigenvalue weighted by molar-refractivity contribution is 0.738. The van der Waals surface area contributed by atoms with Crippen molar-refractivity contribution in [3.8, 4) is 0 Å². The largest absolute Gasteiger partial charge is 0.365 e. The number of aromatic nitrogens is 4. The van der Waals surface area contributed by atoms with Crippen molar-refractivity contribution >= 4 is 17.6 Å². The molecule has 0 fully saturated rings. The minimum atomic E-state index is 0.696. The molecule has 23 heavy (non-hydrogen) atoms. The molecular formula is C17H19N5S. The Morgan fingerprint density at radius 3 is 2.70 bits per heavy atom. The van der Waals surface area contributed by atoms with Crippen LogP contribution in [0.15, 0.2) is 53.9 Å². The Morgan fingerprint density at radius 2 is 1.96 bits per heavy atom. The fourth-order valence-corrected chi connectivity index (χ4v) is 2.94. The van der Waals surface area contributed by atoms with E-state index in [2.05, 4.69) is 51.6 Å². The highest BCUT2D eigenvalue weighted by atomic mass is 32.2. The van der Waals surface area contributed by atoms with Gasteiger partial charge >= 0.3 is 0 Å². The minimum absolute atomic E-state index is 0.696. The van der Waals surface area contributed by atoms with Crippen LogP contribution in [-0.2, 0) is 19.3 Å². The van der Waals surface area contributed by atoms with Gasteiger partial charge in [0.1, 0.15) is 10.8 Å². The van der Waals surface area contributed by atoms with Gasteiger partial charge in [0.25, 0.3) is 0 Å². The van der Waals surface area contributed by atoms with Gasteiger partial charge in [0.2, 0.25) is 0 Å². The first-order valence-corrected chi connectivity index (χ1v) is 8.41. The number of anilines is 1. The number of thioether (sulfide) groups is 1. The topological polar surface area (TPSA) is 55.6 Å². The van der Waals surface area contributed by atoms with E-state index in [1.165, 1.54) is 5.56 Å². The van der Waals surface area contributed by atoms with E-state index in [0.29, 0.717) is 6.54 Å². The van der Waals surface area contributed by atoms with Crippen LogP contribution in [0, 0.1) is 6.92 Å². The average molecular weight is 325 g/mol. The molecule has 1 N–H and O–H groups in total. The molecule has 0 spiro atoms. The Morgan fingerprint density at radius 1 is 1.13 bits per heavy atom. The number of hydrogen-bond donors (Lipinski definition) is 1. The molecule has 0 amide bonds. The van der Waals surface area contributed by atoms with Crippen LogP contribution in [0.5, 0.6) is 0 Å². The molecular weight excluding hydrogens is 306 g/mol. The molecule has 5 nitrogen and oxygen atoms in total. The number of benzene rings is 1. The van der Waals surface area contributed by atoms with Gasteiger partial charge in [-0.25, -0.2) is 4.98 Å². The molecule has 0 radical (unpaired) electrons. The van der Waals surface area contributed by atoms with Crippen LogP contribution in [0.2, 0.25) is 0 Å². The predicted molar refractivity (Wildman–Crippen MR) is 93.3 cm³/mol. The fourth-order valence-electron chi connectivity index (χ4n) is 2.14. The monoisotopic (exact) mass is 325 g/mol. The van der Waals surface area contributed by atoms with Crippen molar-refractivity contribution in [3.05, 3.63) is 65.7 Å². The van der Waals surface area contributed by atoms with Crippen LogP contribution >= 0.6 is 11.8 Å². The summed E-state index contributed by atoms with van der Waals surface area (Å²) in [6, 6.07) is 10.4. The summed E-state index contributed by atoms with van der Waals surface area (Å²) >= 11 is 1.69. The van der Waals surface area contributed by atoms with Crippen molar-refractivity contribution in [2.24, 2.45) is 7.05 Å². The molecule has 0 aliphatic carbocycles. The number of rotatable bonds is 6. The molecule has 6 heteroatoms. The van der Waals surface area contributed by atoms with Gasteiger partial charge in [0.15, 0.2) is 0 Å². The van der Waals surface area contributed by atoms with E-state index in [4.69, 9.17) is 0 Å². The lowest BCUT2D eigenvalue weighted by Crippen LogP contribution is -2.03. The average Bonchev–Trinajstić information content (AvgIpc) is 2.91. The molecule has 2 heterocycles. The van der Waals surface area contributed by atoms with Crippen molar-refractivity contribution in [3.63, 3.8) is 0 Å². The number of nitrogens with one attached hydrogen (secondary N) is 1. The second kappa shape index (κ2) is 7.28. The molecule has 3 rings (SSSR count). The second-order valence-corrected chi connectivity index (χ2v) is 6.24. The lowest BCUT2D eigenvalue weighted by atomic mass is 10.2. The molecule has 1 aromatic carbocycles. The summed E-state index contributed by atoms with van der Waals surface area (Å²) in [5, 5.41) is 8.48. The highest BCUT2D eigenvalue weighted by Gasteiger charge is 2.05. The highest BCUT2D eigenvalue weighted by molar-refractivity contribution is 7.98. The van der Waals surface area contributed by atoms with E-state index >= 15 is 0 Å². The molecule has 0 aliphatic rings. The first-order valence-electron chi connectivity index (χ1n) is 7.42. The number of hydrogen-bond acceptors (Lipinski definition) is 5. The zero-order valence-corrected chi connectivity index (χ0v) is 14.0. The zero-order valence-electron chi connectivity index (χ0n) is 13.2. The van der Waals surface area contributed by atoms with E-state index in [1.807, 2.05) is 24.0 Å². The Hall–Kier alpha value is -2.34. The summed E-state index contributed by atoms with van der Waals surface area (Å²) in [4.78, 5) is 8.87. The maximum atomic E-state index is 4.60. The smallest absolute Gasteiger partial charge is 0.146 e. The SMILES string of the molecule is Cc1c(CNc2cncc(SCc3ccccc3)n2)cnn1C. The summed E-state index contributed by atoms with van der Waals surface area (Å²) in [5.74, 6) is 1.67. The maximum absolute atomic E-state index is 4.60. The number of aryl methyl sites for hydroxylation is 1. The van der Waals surface area contributed by atoms with Gasteiger partial charge in [-0.15, -0.1) is 11.8 Å². The Labute approximate surface area is 140 Å². The standard InChI is InChI=1S/C17H19N5S/c1-13-15(9-20-22(13)2)8-19-16-10-18-11-17(21-16)23-12-14-6-4-3-5-7-14/h3-7,9-11H,8,12H2,1-2H3,(H,19,21). The van der Waals surface area contributed by atoms with Crippen LogP contribution in [0.4, 0.5) is 5.82 Å². The Balaban J connectivity index is 1.60. The molecule has 0 saturated carbocycles. The van der Waals surface area contributed by atoms with E-state index < -0.39 is 0 Å². The third kappa shape index (κ3) is 4.10. The summed E-state index contributed by atoms with van der Waals surface area (Å²) in [7, 11) is 1.94. The van der Waals surface area contributed by atoms with Gasteiger partial charge in [-0.1, -0.05) is 30.3 Å². The van der Waals surface area contributed by atoms with Gasteiger partial charge in [-0.2, -0.15) is 5.10 Å². The predicted octanol–water partition coefficient (Wildman–Crippen LogP) is 3.42. The second-order valence-electron chi connectivity index (χ2n) is 5.25. The van der Waals surface area contributed by atoms with Crippen molar-refractivity contribution in [2.45, 2.75) is 24.2 Å².